The van der Waals surface area contributed by atoms with Crippen molar-refractivity contribution in [3.63, 3.8) is 0 Å². The molecule has 6 nitrogen and oxygen atoms in total. The van der Waals surface area contributed by atoms with Gasteiger partial charge in [0.15, 0.2) is 0 Å². The van der Waals surface area contributed by atoms with E-state index in [1.807, 2.05) is 60.7 Å². The van der Waals surface area contributed by atoms with Crippen molar-refractivity contribution in [3.05, 3.63) is 179 Å². The monoisotopic (exact) mass is 612 g/mol. The van der Waals surface area contributed by atoms with E-state index in [2.05, 4.69) is 41.7 Å². The number of aliphatic imine (C=N–C) groups is 1. The smallest absolute Gasteiger partial charge is 0.292 e. The van der Waals surface area contributed by atoms with E-state index in [9.17, 15) is 4.79 Å². The number of benzene rings is 5. The average molecular weight is 613 g/mol. The normalized spacial score (nSPS) is 20.7. The van der Waals surface area contributed by atoms with Gasteiger partial charge in [0, 0.05) is 11.1 Å². The number of amides is 1. The van der Waals surface area contributed by atoms with Crippen LogP contribution in [0.4, 0.5) is 4.39 Å². The number of nitrogens with zero attached hydrogens (tertiary/aromatic N) is 1. The van der Waals surface area contributed by atoms with Crippen molar-refractivity contribution in [2.24, 2.45) is 10.9 Å². The van der Waals surface area contributed by atoms with Crippen molar-refractivity contribution in [2.45, 2.75) is 17.2 Å². The van der Waals surface area contributed by atoms with Crippen LogP contribution in [0.25, 0.3) is 0 Å². The van der Waals surface area contributed by atoms with Crippen LogP contribution < -0.4 is 5.32 Å². The van der Waals surface area contributed by atoms with Crippen LogP contribution in [0.15, 0.2) is 151 Å². The molecule has 5 aromatic rings. The molecular weight excluding hydrogens is 579 g/mol. The average Bonchev–Trinajstić information content (AvgIpc) is 3.49. The number of carbonyl (C=O) groups is 1. The number of rotatable bonds is 8. The van der Waals surface area contributed by atoms with Gasteiger partial charge in [0.25, 0.3) is 11.9 Å². The summed E-state index contributed by atoms with van der Waals surface area (Å²) in [6, 6.07) is 45.8. The van der Waals surface area contributed by atoms with Crippen LogP contribution in [-0.2, 0) is 25.4 Å². The predicted molar refractivity (Wildman–Crippen MR) is 174 cm³/mol. The maximum absolute atomic E-state index is 15.5. The number of nitrogens with one attached hydrogen (secondary N) is 1. The van der Waals surface area contributed by atoms with Crippen LogP contribution in [0.3, 0.4) is 0 Å². The number of halogens is 1. The zero-order valence-corrected chi connectivity index (χ0v) is 25.1. The molecule has 230 valence electrons. The van der Waals surface area contributed by atoms with E-state index in [0.717, 1.165) is 16.7 Å². The highest BCUT2D eigenvalue weighted by molar-refractivity contribution is 6.04. The molecule has 7 heteroatoms. The third kappa shape index (κ3) is 5.38. The highest BCUT2D eigenvalue weighted by atomic mass is 19.1. The van der Waals surface area contributed by atoms with Crippen LogP contribution in [0, 0.1) is 11.7 Å². The molecule has 46 heavy (non-hydrogen) atoms. The Balaban J connectivity index is 1.25. The number of hydrogen-bond acceptors (Lipinski definition) is 5. The summed E-state index contributed by atoms with van der Waals surface area (Å²) in [6.07, 6.45) is -0.495. The molecule has 1 N–H and O–H groups in total. The molecule has 3 unspecified atom stereocenters. The molecule has 1 saturated heterocycles. The number of carbonyl (C=O) groups excluding carboxylic acids is 1. The third-order valence-corrected chi connectivity index (χ3v) is 8.88. The predicted octanol–water partition coefficient (Wildman–Crippen LogP) is 6.86. The zero-order chi connectivity index (χ0) is 31.4. The zero-order valence-electron chi connectivity index (χ0n) is 25.1. The molecular formula is C39H33FN2O4. The summed E-state index contributed by atoms with van der Waals surface area (Å²) in [5.41, 5.74) is 1.66. The number of ether oxygens (including phenoxy) is 3. The Morgan fingerprint density at radius 3 is 1.87 bits per heavy atom. The van der Waals surface area contributed by atoms with Crippen molar-refractivity contribution < 1.29 is 23.4 Å². The van der Waals surface area contributed by atoms with Gasteiger partial charge in [0.05, 0.1) is 31.8 Å². The molecule has 2 heterocycles. The van der Waals surface area contributed by atoms with Gasteiger partial charge in [-0.05, 0) is 34.9 Å². The van der Waals surface area contributed by atoms with Crippen LogP contribution in [-0.4, -0.2) is 37.9 Å². The lowest BCUT2D eigenvalue weighted by Gasteiger charge is -2.39. The summed E-state index contributed by atoms with van der Waals surface area (Å²) < 4.78 is 35.1. The highest BCUT2D eigenvalue weighted by Crippen LogP contribution is 2.47. The van der Waals surface area contributed by atoms with Gasteiger partial charge < -0.3 is 14.2 Å². The highest BCUT2D eigenvalue weighted by Gasteiger charge is 2.56. The van der Waals surface area contributed by atoms with Crippen molar-refractivity contribution in [1.29, 1.82) is 0 Å². The Labute approximate surface area is 267 Å². The minimum atomic E-state index is -1.13. The topological polar surface area (TPSA) is 69.2 Å². The minimum Gasteiger partial charge on any atom is -0.464 e. The summed E-state index contributed by atoms with van der Waals surface area (Å²) in [6.45, 7) is 0.408. The summed E-state index contributed by atoms with van der Waals surface area (Å²) >= 11 is 0. The quantitative estimate of drug-likeness (QED) is 0.195. The summed E-state index contributed by atoms with van der Waals surface area (Å²) in [5.74, 6) is -1.16. The van der Waals surface area contributed by atoms with Crippen molar-refractivity contribution in [1.82, 2.24) is 5.32 Å². The van der Waals surface area contributed by atoms with E-state index < -0.39 is 29.0 Å². The molecule has 2 aliphatic heterocycles. The molecule has 1 fully saturated rings. The first-order valence-electron chi connectivity index (χ1n) is 15.4. The first kappa shape index (κ1) is 29.6. The summed E-state index contributed by atoms with van der Waals surface area (Å²) in [4.78, 5) is 17.9. The van der Waals surface area contributed by atoms with Crippen LogP contribution in [0.5, 0.6) is 0 Å². The SMILES string of the molecule is O=C(NC1=NC2(c3ccccc3F)COC(COC(c3ccccc3)(c3ccccc3)c3ccccc3)C2CO1)c1ccccc1. The Bertz CT molecular complexity index is 1720. The Hall–Kier alpha value is -5.11. The molecule has 0 saturated carbocycles. The van der Waals surface area contributed by atoms with E-state index in [1.54, 1.807) is 42.5 Å². The van der Waals surface area contributed by atoms with Crippen molar-refractivity contribution >= 4 is 11.9 Å². The van der Waals surface area contributed by atoms with E-state index in [1.165, 1.54) is 6.07 Å². The van der Waals surface area contributed by atoms with Crippen LogP contribution in [0.1, 0.15) is 32.6 Å². The number of fused-ring (bicyclic) bond motifs is 1. The number of hydrogen-bond donors (Lipinski definition) is 1. The molecule has 7 rings (SSSR count). The standard InChI is InChI=1S/C39H33FN2O4/c40-34-24-14-13-23-32(34)38-27-45-35(33(38)25-44-37(42-38)41-36(43)28-15-5-1-6-16-28)26-46-39(29-17-7-2-8-18-29,30-19-9-3-10-20-30)31-21-11-4-12-22-31/h1-24,33,35H,25-27H2,(H,41,42,43). The Morgan fingerprint density at radius 1 is 0.783 bits per heavy atom. The van der Waals surface area contributed by atoms with E-state index in [4.69, 9.17) is 19.2 Å². The molecule has 0 radical (unpaired) electrons. The molecule has 1 amide bonds. The van der Waals surface area contributed by atoms with Gasteiger partial charge in [-0.2, -0.15) is 0 Å². The van der Waals surface area contributed by atoms with E-state index in [-0.39, 0.29) is 31.7 Å². The van der Waals surface area contributed by atoms with E-state index >= 15 is 4.39 Å². The molecule has 0 aromatic heterocycles. The molecule has 0 spiro atoms. The van der Waals surface area contributed by atoms with Gasteiger partial charge in [-0.15, -0.1) is 0 Å². The molecule has 0 aliphatic carbocycles. The van der Waals surface area contributed by atoms with Gasteiger partial charge in [-0.25, -0.2) is 9.38 Å². The van der Waals surface area contributed by atoms with Gasteiger partial charge >= 0.3 is 0 Å². The Kier molecular flexibility index (Phi) is 8.18. The van der Waals surface area contributed by atoms with Gasteiger partial charge in [-0.3, -0.25) is 10.1 Å². The second-order valence-corrected chi connectivity index (χ2v) is 11.5. The van der Waals surface area contributed by atoms with Crippen LogP contribution >= 0.6 is 0 Å². The fourth-order valence-corrected chi connectivity index (χ4v) is 6.62. The molecule has 5 aromatic carbocycles. The molecule has 0 bridgehead atoms. The van der Waals surface area contributed by atoms with E-state index in [0.29, 0.717) is 11.1 Å². The van der Waals surface area contributed by atoms with Gasteiger partial charge in [0.1, 0.15) is 17.0 Å². The van der Waals surface area contributed by atoms with Crippen molar-refractivity contribution in [2.75, 3.05) is 19.8 Å². The second kappa shape index (κ2) is 12.7. The maximum Gasteiger partial charge on any atom is 0.292 e. The van der Waals surface area contributed by atoms with Crippen molar-refractivity contribution in [3.8, 4) is 0 Å². The molecule has 2 aliphatic rings. The minimum absolute atomic E-state index is 0.0331. The first-order valence-corrected chi connectivity index (χ1v) is 15.4. The number of amidine groups is 1. The largest absolute Gasteiger partial charge is 0.464 e. The fourth-order valence-electron chi connectivity index (χ4n) is 6.62. The fraction of sp³-hybridized carbons (Fsp3) is 0.179. The van der Waals surface area contributed by atoms with Gasteiger partial charge in [-0.1, -0.05) is 127 Å². The lowest BCUT2D eigenvalue weighted by atomic mass is 9.77. The van der Waals surface area contributed by atoms with Crippen LogP contribution in [0.2, 0.25) is 0 Å². The van der Waals surface area contributed by atoms with Gasteiger partial charge in [0.2, 0.25) is 0 Å². The second-order valence-electron chi connectivity index (χ2n) is 11.5. The summed E-state index contributed by atoms with van der Waals surface area (Å²) in [7, 11) is 0. The Morgan fingerprint density at radius 2 is 1.30 bits per heavy atom. The summed E-state index contributed by atoms with van der Waals surface area (Å²) in [5, 5.41) is 2.78. The lowest BCUT2D eigenvalue weighted by Crippen LogP contribution is -2.48. The third-order valence-electron chi connectivity index (χ3n) is 8.88. The first-order chi connectivity index (χ1) is 22.6. The molecule has 3 atom stereocenters. The lowest BCUT2D eigenvalue weighted by molar-refractivity contribution is -0.0603. The maximum atomic E-state index is 15.5.